The van der Waals surface area contributed by atoms with Crippen LogP contribution in [0.4, 0.5) is 0 Å². The Kier molecular flexibility index (Phi) is 4.60. The highest BCUT2D eigenvalue weighted by Gasteiger charge is 2.09. The average Bonchev–Trinajstić information content (AvgIpc) is 3.11. The molecule has 2 N–H and O–H groups in total. The first-order valence-corrected chi connectivity index (χ1v) is 9.03. The summed E-state index contributed by atoms with van der Waals surface area (Å²) < 4.78 is 7.87. The second-order valence-electron chi connectivity index (χ2n) is 6.74. The smallest absolute Gasteiger partial charge is 0.155 e. The summed E-state index contributed by atoms with van der Waals surface area (Å²) in [7, 11) is 0. The van der Waals surface area contributed by atoms with Gasteiger partial charge < -0.3 is 10.5 Å². The fourth-order valence-corrected chi connectivity index (χ4v) is 3.06. The predicted octanol–water partition coefficient (Wildman–Crippen LogP) is 4.31. The van der Waals surface area contributed by atoms with Crippen LogP contribution in [0, 0.1) is 0 Å². The van der Waals surface area contributed by atoms with Crippen LogP contribution in [0.2, 0.25) is 0 Å². The molecule has 136 valence electrons. The summed E-state index contributed by atoms with van der Waals surface area (Å²) in [6, 6.07) is 16.2. The van der Waals surface area contributed by atoms with E-state index in [0.29, 0.717) is 6.54 Å². The molecular weight excluding hydrogens is 336 g/mol. The van der Waals surface area contributed by atoms with Crippen molar-refractivity contribution in [2.75, 3.05) is 0 Å². The molecule has 0 saturated heterocycles. The largest absolute Gasteiger partial charge is 0.491 e. The number of rotatable bonds is 5. The molecule has 2 aromatic heterocycles. The normalized spacial score (nSPS) is 11.3. The molecule has 4 rings (SSSR count). The Bertz CT molecular complexity index is 1070. The number of aromatic nitrogens is 3. The molecule has 5 heteroatoms. The number of hydrogen-bond acceptors (Lipinski definition) is 4. The highest BCUT2D eigenvalue weighted by atomic mass is 16.5. The van der Waals surface area contributed by atoms with Gasteiger partial charge in [-0.3, -0.25) is 9.38 Å². The molecule has 0 bridgehead atoms. The second kappa shape index (κ2) is 7.21. The van der Waals surface area contributed by atoms with Gasteiger partial charge in [0.15, 0.2) is 5.65 Å². The molecular formula is C22H22N4O. The Morgan fingerprint density at radius 3 is 2.56 bits per heavy atom. The summed E-state index contributed by atoms with van der Waals surface area (Å²) in [5.41, 5.74) is 11.6. The highest BCUT2D eigenvalue weighted by Crippen LogP contribution is 2.26. The zero-order valence-corrected chi connectivity index (χ0v) is 15.5. The van der Waals surface area contributed by atoms with Crippen molar-refractivity contribution in [2.45, 2.75) is 26.5 Å². The lowest BCUT2D eigenvalue weighted by atomic mass is 10.1. The molecule has 0 amide bonds. The van der Waals surface area contributed by atoms with E-state index in [9.17, 15) is 0 Å². The standard InChI is InChI=1S/C22H22N4O/c1-15(2)27-19-5-3-4-18(10-19)20-14-26-21(12-25-22(26)13-24-20)17-8-6-16(11-23)7-9-17/h3-10,12-15H,11,23H2,1-2H3. The first-order valence-electron chi connectivity index (χ1n) is 9.03. The molecule has 4 aromatic rings. The van der Waals surface area contributed by atoms with Gasteiger partial charge in [0.05, 0.1) is 29.9 Å². The number of ether oxygens (including phenoxy) is 1. The van der Waals surface area contributed by atoms with Crippen molar-refractivity contribution in [2.24, 2.45) is 5.73 Å². The van der Waals surface area contributed by atoms with Gasteiger partial charge in [0.2, 0.25) is 0 Å². The van der Waals surface area contributed by atoms with E-state index in [-0.39, 0.29) is 6.10 Å². The Labute approximate surface area is 158 Å². The summed E-state index contributed by atoms with van der Waals surface area (Å²) in [6.07, 6.45) is 5.82. The summed E-state index contributed by atoms with van der Waals surface area (Å²) in [4.78, 5) is 9.06. The summed E-state index contributed by atoms with van der Waals surface area (Å²) in [6.45, 7) is 4.58. The maximum Gasteiger partial charge on any atom is 0.155 e. The van der Waals surface area contributed by atoms with Gasteiger partial charge in [-0.2, -0.15) is 0 Å². The number of hydrogen-bond donors (Lipinski definition) is 1. The zero-order valence-electron chi connectivity index (χ0n) is 15.5. The van der Waals surface area contributed by atoms with Crippen molar-refractivity contribution in [1.82, 2.24) is 14.4 Å². The predicted molar refractivity (Wildman–Crippen MR) is 108 cm³/mol. The number of fused-ring (bicyclic) bond motifs is 1. The summed E-state index contributed by atoms with van der Waals surface area (Å²) in [5.74, 6) is 0.840. The van der Waals surface area contributed by atoms with Crippen LogP contribution in [-0.4, -0.2) is 20.5 Å². The molecule has 0 aliphatic rings. The number of imidazole rings is 1. The van der Waals surface area contributed by atoms with E-state index in [1.807, 2.05) is 62.6 Å². The second-order valence-corrected chi connectivity index (χ2v) is 6.74. The fraction of sp³-hybridized carbons (Fsp3) is 0.182. The third kappa shape index (κ3) is 3.55. The van der Waals surface area contributed by atoms with Crippen LogP contribution in [-0.2, 0) is 6.54 Å². The maximum atomic E-state index is 5.81. The third-order valence-electron chi connectivity index (χ3n) is 4.38. The van der Waals surface area contributed by atoms with Gasteiger partial charge in [0.25, 0.3) is 0 Å². The van der Waals surface area contributed by atoms with Crippen LogP contribution >= 0.6 is 0 Å². The van der Waals surface area contributed by atoms with E-state index >= 15 is 0 Å². The van der Waals surface area contributed by atoms with Crippen molar-refractivity contribution in [3.05, 3.63) is 72.7 Å². The molecule has 0 aliphatic heterocycles. The fourth-order valence-electron chi connectivity index (χ4n) is 3.06. The Morgan fingerprint density at radius 1 is 1.00 bits per heavy atom. The van der Waals surface area contributed by atoms with E-state index in [1.54, 1.807) is 6.20 Å². The van der Waals surface area contributed by atoms with Crippen LogP contribution in [0.25, 0.3) is 28.2 Å². The lowest BCUT2D eigenvalue weighted by Gasteiger charge is -2.11. The van der Waals surface area contributed by atoms with Gasteiger partial charge >= 0.3 is 0 Å². The van der Waals surface area contributed by atoms with Crippen LogP contribution in [0.15, 0.2) is 67.1 Å². The SMILES string of the molecule is CC(C)Oc1cccc(-c2cn3c(-c4ccc(CN)cc4)cnc3cn2)c1. The minimum atomic E-state index is 0.132. The number of nitrogens with zero attached hydrogens (tertiary/aromatic N) is 3. The molecule has 0 aliphatic carbocycles. The van der Waals surface area contributed by atoms with Crippen molar-refractivity contribution in [3.8, 4) is 28.3 Å². The molecule has 0 radical (unpaired) electrons. The summed E-state index contributed by atoms with van der Waals surface area (Å²) in [5, 5.41) is 0. The van der Waals surface area contributed by atoms with Crippen molar-refractivity contribution in [3.63, 3.8) is 0 Å². The van der Waals surface area contributed by atoms with E-state index in [0.717, 1.165) is 39.5 Å². The molecule has 0 fully saturated rings. The van der Waals surface area contributed by atoms with E-state index in [2.05, 4.69) is 26.5 Å². The van der Waals surface area contributed by atoms with E-state index < -0.39 is 0 Å². The van der Waals surface area contributed by atoms with E-state index in [4.69, 9.17) is 10.5 Å². The molecule has 2 heterocycles. The van der Waals surface area contributed by atoms with Gasteiger partial charge in [-0.15, -0.1) is 0 Å². The van der Waals surface area contributed by atoms with Gasteiger partial charge in [0.1, 0.15) is 5.75 Å². The van der Waals surface area contributed by atoms with Gasteiger partial charge in [0, 0.05) is 23.9 Å². The molecule has 0 atom stereocenters. The average molecular weight is 358 g/mol. The molecule has 0 saturated carbocycles. The number of nitrogens with two attached hydrogens (primary N) is 1. The van der Waals surface area contributed by atoms with E-state index in [1.165, 1.54) is 0 Å². The van der Waals surface area contributed by atoms with Crippen LogP contribution in [0.5, 0.6) is 5.75 Å². The Balaban J connectivity index is 1.75. The molecule has 2 aromatic carbocycles. The van der Waals surface area contributed by atoms with Crippen LogP contribution in [0.1, 0.15) is 19.4 Å². The minimum Gasteiger partial charge on any atom is -0.491 e. The molecule has 27 heavy (non-hydrogen) atoms. The van der Waals surface area contributed by atoms with Crippen molar-refractivity contribution in [1.29, 1.82) is 0 Å². The molecule has 0 unspecified atom stereocenters. The van der Waals surface area contributed by atoms with Gasteiger partial charge in [-0.1, -0.05) is 36.4 Å². The topological polar surface area (TPSA) is 65.4 Å². The third-order valence-corrected chi connectivity index (χ3v) is 4.38. The first kappa shape index (κ1) is 17.2. The van der Waals surface area contributed by atoms with Crippen LogP contribution < -0.4 is 10.5 Å². The Hall–Kier alpha value is -3.18. The quantitative estimate of drug-likeness (QED) is 0.577. The zero-order chi connectivity index (χ0) is 18.8. The number of benzene rings is 2. The molecule has 0 spiro atoms. The lowest BCUT2D eigenvalue weighted by molar-refractivity contribution is 0.242. The summed E-state index contributed by atoms with van der Waals surface area (Å²) >= 11 is 0. The van der Waals surface area contributed by atoms with Crippen molar-refractivity contribution < 1.29 is 4.74 Å². The monoisotopic (exact) mass is 358 g/mol. The van der Waals surface area contributed by atoms with Gasteiger partial charge in [-0.25, -0.2) is 4.98 Å². The maximum absolute atomic E-state index is 5.81. The Morgan fingerprint density at radius 2 is 1.81 bits per heavy atom. The van der Waals surface area contributed by atoms with Crippen molar-refractivity contribution >= 4 is 5.65 Å². The lowest BCUT2D eigenvalue weighted by Crippen LogP contribution is -2.05. The highest BCUT2D eigenvalue weighted by molar-refractivity contribution is 5.67. The molecule has 5 nitrogen and oxygen atoms in total. The first-order chi connectivity index (χ1) is 13.1. The van der Waals surface area contributed by atoms with Crippen LogP contribution in [0.3, 0.4) is 0 Å². The van der Waals surface area contributed by atoms with Gasteiger partial charge in [-0.05, 0) is 31.5 Å². The minimum absolute atomic E-state index is 0.132.